The van der Waals surface area contributed by atoms with Crippen LogP contribution in [-0.4, -0.2) is 29.4 Å². The SMILES string of the molecule is COc1ccc(C2(C#Cc3ccncc3)CCC(O)CC2)cc1OC1CCCC1. The van der Waals surface area contributed by atoms with Gasteiger partial charge in [0, 0.05) is 18.0 Å². The molecule has 1 aromatic heterocycles. The van der Waals surface area contributed by atoms with Crippen LogP contribution >= 0.6 is 0 Å². The lowest BCUT2D eigenvalue weighted by Gasteiger charge is -2.35. The predicted molar refractivity (Wildman–Crippen MR) is 113 cm³/mol. The number of rotatable bonds is 4. The van der Waals surface area contributed by atoms with E-state index in [1.807, 2.05) is 18.2 Å². The van der Waals surface area contributed by atoms with Crippen LogP contribution in [0.1, 0.15) is 62.5 Å². The second-order valence-corrected chi connectivity index (χ2v) is 8.19. The van der Waals surface area contributed by atoms with Gasteiger partial charge in [0.1, 0.15) is 0 Å². The summed E-state index contributed by atoms with van der Waals surface area (Å²) < 4.78 is 11.9. The zero-order valence-corrected chi connectivity index (χ0v) is 17.1. The van der Waals surface area contributed by atoms with Crippen molar-refractivity contribution >= 4 is 0 Å². The Hall–Kier alpha value is -2.51. The van der Waals surface area contributed by atoms with Gasteiger partial charge in [-0.05, 0) is 81.2 Å². The van der Waals surface area contributed by atoms with Crippen molar-refractivity contribution in [3.8, 4) is 23.3 Å². The summed E-state index contributed by atoms with van der Waals surface area (Å²) in [5.74, 6) is 8.49. The third kappa shape index (κ3) is 4.57. The molecule has 2 aliphatic rings. The highest BCUT2D eigenvalue weighted by atomic mass is 16.5. The van der Waals surface area contributed by atoms with Gasteiger partial charge in [-0.3, -0.25) is 4.98 Å². The molecule has 152 valence electrons. The topological polar surface area (TPSA) is 51.6 Å². The predicted octanol–water partition coefficient (Wildman–Crippen LogP) is 4.64. The maximum Gasteiger partial charge on any atom is 0.161 e. The first-order chi connectivity index (χ1) is 14.2. The first-order valence-electron chi connectivity index (χ1n) is 10.6. The first-order valence-corrected chi connectivity index (χ1v) is 10.6. The minimum Gasteiger partial charge on any atom is -0.493 e. The lowest BCUT2D eigenvalue weighted by atomic mass is 9.69. The van der Waals surface area contributed by atoms with Gasteiger partial charge in [0.25, 0.3) is 0 Å². The summed E-state index contributed by atoms with van der Waals surface area (Å²) in [6.07, 6.45) is 11.4. The third-order valence-electron chi connectivity index (χ3n) is 6.25. The average molecular weight is 392 g/mol. The molecule has 0 atom stereocenters. The van der Waals surface area contributed by atoms with Crippen LogP contribution in [0.25, 0.3) is 0 Å². The number of aliphatic hydroxyl groups excluding tert-OH is 1. The normalized spacial score (nSPS) is 24.6. The second-order valence-electron chi connectivity index (χ2n) is 8.19. The van der Waals surface area contributed by atoms with Gasteiger partial charge in [-0.25, -0.2) is 0 Å². The number of nitrogens with zero attached hydrogens (tertiary/aromatic N) is 1. The molecule has 2 aromatic rings. The zero-order chi connectivity index (χ0) is 20.1. The molecule has 2 aliphatic carbocycles. The zero-order valence-electron chi connectivity index (χ0n) is 17.1. The van der Waals surface area contributed by atoms with E-state index in [9.17, 15) is 5.11 Å². The molecule has 0 radical (unpaired) electrons. The van der Waals surface area contributed by atoms with Crippen LogP contribution in [0.4, 0.5) is 0 Å². The molecule has 4 nitrogen and oxygen atoms in total. The number of methoxy groups -OCH3 is 1. The molecule has 1 aromatic carbocycles. The first kappa shape index (κ1) is 19.8. The van der Waals surface area contributed by atoms with Gasteiger partial charge >= 0.3 is 0 Å². The van der Waals surface area contributed by atoms with E-state index in [4.69, 9.17) is 9.47 Å². The fourth-order valence-electron chi connectivity index (χ4n) is 4.46. The Morgan fingerprint density at radius 1 is 1.00 bits per heavy atom. The van der Waals surface area contributed by atoms with Crippen molar-refractivity contribution in [3.05, 3.63) is 53.9 Å². The monoisotopic (exact) mass is 391 g/mol. The van der Waals surface area contributed by atoms with Gasteiger partial charge in [0.15, 0.2) is 11.5 Å². The summed E-state index contributed by atoms with van der Waals surface area (Å²) in [7, 11) is 1.69. The Labute approximate surface area is 173 Å². The number of ether oxygens (including phenoxy) is 2. The standard InChI is InChI=1S/C25H29NO3/c1-28-23-7-6-20(18-24(23)29-22-4-2-3-5-22)25(14-9-21(27)10-15-25)13-8-19-11-16-26-17-12-19/h6-7,11-12,16-18,21-22,27H,2-5,9-10,14-15H2,1H3. The van der Waals surface area contributed by atoms with Crippen molar-refractivity contribution in [2.24, 2.45) is 0 Å². The van der Waals surface area contributed by atoms with Gasteiger partial charge in [0.2, 0.25) is 0 Å². The van der Waals surface area contributed by atoms with Crippen LogP contribution in [0, 0.1) is 11.8 Å². The largest absolute Gasteiger partial charge is 0.493 e. The minimum absolute atomic E-state index is 0.238. The molecule has 0 aliphatic heterocycles. The molecule has 2 saturated carbocycles. The fourth-order valence-corrected chi connectivity index (χ4v) is 4.46. The number of aromatic nitrogens is 1. The lowest BCUT2D eigenvalue weighted by molar-refractivity contribution is 0.110. The fraction of sp³-hybridized carbons (Fsp3) is 0.480. The van der Waals surface area contributed by atoms with Gasteiger partial charge in [0.05, 0.1) is 24.7 Å². The summed E-state index contributed by atoms with van der Waals surface area (Å²) in [4.78, 5) is 4.07. The van der Waals surface area contributed by atoms with Crippen molar-refractivity contribution in [1.29, 1.82) is 0 Å². The number of hydrogen-bond acceptors (Lipinski definition) is 4. The molecule has 0 bridgehead atoms. The van der Waals surface area contributed by atoms with Crippen molar-refractivity contribution < 1.29 is 14.6 Å². The van der Waals surface area contributed by atoms with E-state index in [2.05, 4.69) is 29.0 Å². The molecule has 1 N–H and O–H groups in total. The number of pyridine rings is 1. The highest BCUT2D eigenvalue weighted by Crippen LogP contribution is 2.43. The van der Waals surface area contributed by atoms with Gasteiger partial charge in [-0.2, -0.15) is 0 Å². The molecule has 4 heteroatoms. The van der Waals surface area contributed by atoms with E-state index in [1.165, 1.54) is 12.8 Å². The lowest BCUT2D eigenvalue weighted by Crippen LogP contribution is -2.32. The molecule has 4 rings (SSSR count). The van der Waals surface area contributed by atoms with Crippen LogP contribution in [0.2, 0.25) is 0 Å². The molecule has 0 spiro atoms. The molecule has 29 heavy (non-hydrogen) atoms. The van der Waals surface area contributed by atoms with Crippen molar-refractivity contribution in [2.75, 3.05) is 7.11 Å². The quantitative estimate of drug-likeness (QED) is 0.772. The molecular weight excluding hydrogens is 362 g/mol. The minimum atomic E-state index is -0.289. The Kier molecular flexibility index (Phi) is 6.06. The van der Waals surface area contributed by atoms with E-state index in [0.717, 1.165) is 61.2 Å². The van der Waals surface area contributed by atoms with Gasteiger partial charge in [-0.15, -0.1) is 0 Å². The van der Waals surface area contributed by atoms with E-state index in [-0.39, 0.29) is 17.6 Å². The summed E-state index contributed by atoms with van der Waals surface area (Å²) >= 11 is 0. The van der Waals surface area contributed by atoms with Gasteiger partial charge < -0.3 is 14.6 Å². The summed E-state index contributed by atoms with van der Waals surface area (Å²) in [5.41, 5.74) is 1.82. The maximum atomic E-state index is 10.1. The Balaban J connectivity index is 1.69. The third-order valence-corrected chi connectivity index (χ3v) is 6.25. The summed E-state index contributed by atoms with van der Waals surface area (Å²) in [5, 5.41) is 10.1. The number of benzene rings is 1. The van der Waals surface area contributed by atoms with Crippen molar-refractivity contribution in [1.82, 2.24) is 4.98 Å². The average Bonchev–Trinajstić information content (AvgIpc) is 3.27. The highest BCUT2D eigenvalue weighted by molar-refractivity contribution is 5.49. The van der Waals surface area contributed by atoms with Crippen LogP contribution in [-0.2, 0) is 5.41 Å². The van der Waals surface area contributed by atoms with E-state index >= 15 is 0 Å². The summed E-state index contributed by atoms with van der Waals surface area (Å²) in [6, 6.07) is 10.1. The maximum absolute atomic E-state index is 10.1. The van der Waals surface area contributed by atoms with Crippen LogP contribution in [0.5, 0.6) is 11.5 Å². The van der Waals surface area contributed by atoms with Crippen LogP contribution in [0.3, 0.4) is 0 Å². The van der Waals surface area contributed by atoms with E-state index in [1.54, 1.807) is 19.5 Å². The Morgan fingerprint density at radius 2 is 1.72 bits per heavy atom. The molecule has 0 unspecified atom stereocenters. The second kappa shape index (κ2) is 8.88. The number of hydrogen-bond donors (Lipinski definition) is 1. The van der Waals surface area contributed by atoms with E-state index in [0.29, 0.717) is 0 Å². The summed E-state index contributed by atoms with van der Waals surface area (Å²) in [6.45, 7) is 0. The Morgan fingerprint density at radius 3 is 2.41 bits per heavy atom. The molecule has 2 fully saturated rings. The molecular formula is C25H29NO3. The highest BCUT2D eigenvalue weighted by Gasteiger charge is 2.36. The van der Waals surface area contributed by atoms with Crippen molar-refractivity contribution in [2.45, 2.75) is 69.0 Å². The van der Waals surface area contributed by atoms with Crippen LogP contribution < -0.4 is 9.47 Å². The van der Waals surface area contributed by atoms with Gasteiger partial charge in [-0.1, -0.05) is 17.9 Å². The van der Waals surface area contributed by atoms with Crippen LogP contribution in [0.15, 0.2) is 42.7 Å². The molecule has 0 amide bonds. The number of aliphatic hydroxyl groups is 1. The molecule has 1 heterocycles. The van der Waals surface area contributed by atoms with Crippen molar-refractivity contribution in [3.63, 3.8) is 0 Å². The smallest absolute Gasteiger partial charge is 0.161 e. The molecule has 0 saturated heterocycles. The Bertz CT molecular complexity index is 870. The van der Waals surface area contributed by atoms with E-state index < -0.39 is 0 Å².